The van der Waals surface area contributed by atoms with Gasteiger partial charge in [-0.25, -0.2) is 0 Å². The number of nitrogens with zero attached hydrogens (tertiary/aromatic N) is 2. The summed E-state index contributed by atoms with van der Waals surface area (Å²) in [6, 6.07) is 17.3. The zero-order chi connectivity index (χ0) is 17.6. The molecular weight excluding hydrogens is 316 g/mol. The van der Waals surface area contributed by atoms with Gasteiger partial charge in [-0.3, -0.25) is 4.90 Å². The summed E-state index contributed by atoms with van der Waals surface area (Å²) in [5.74, 6) is 1.57. The Morgan fingerprint density at radius 1 is 1.20 bits per heavy atom. The van der Waals surface area contributed by atoms with E-state index in [4.69, 9.17) is 14.7 Å². The van der Waals surface area contributed by atoms with Gasteiger partial charge in [0.05, 0.1) is 24.8 Å². The number of benzene rings is 2. The van der Waals surface area contributed by atoms with E-state index < -0.39 is 0 Å². The first-order valence-corrected chi connectivity index (χ1v) is 8.38. The molecule has 2 aromatic carbocycles. The van der Waals surface area contributed by atoms with Gasteiger partial charge in [0.2, 0.25) is 0 Å². The van der Waals surface area contributed by atoms with E-state index in [1.807, 2.05) is 18.2 Å². The lowest BCUT2D eigenvalue weighted by Gasteiger charge is -2.24. The van der Waals surface area contributed by atoms with Crippen molar-refractivity contribution in [1.29, 1.82) is 5.26 Å². The molecule has 130 valence electrons. The second-order valence-electron chi connectivity index (χ2n) is 6.16. The summed E-state index contributed by atoms with van der Waals surface area (Å²) in [6.07, 6.45) is 0.385. The Kier molecular flexibility index (Phi) is 5.54. The third-order valence-corrected chi connectivity index (χ3v) is 4.49. The highest BCUT2D eigenvalue weighted by Crippen LogP contribution is 2.33. The lowest BCUT2D eigenvalue weighted by Crippen LogP contribution is -2.29. The zero-order valence-corrected chi connectivity index (χ0v) is 14.3. The fraction of sp³-hybridized carbons (Fsp3) is 0.350. The topological polar surface area (TPSA) is 65.7 Å². The summed E-state index contributed by atoms with van der Waals surface area (Å²) >= 11 is 0. The van der Waals surface area contributed by atoms with E-state index in [1.165, 1.54) is 0 Å². The molecule has 25 heavy (non-hydrogen) atoms. The van der Waals surface area contributed by atoms with Crippen LogP contribution in [0.1, 0.15) is 23.6 Å². The molecule has 0 radical (unpaired) electrons. The number of nitriles is 1. The second kappa shape index (κ2) is 8.02. The van der Waals surface area contributed by atoms with E-state index in [-0.39, 0.29) is 12.1 Å². The Labute approximate surface area is 148 Å². The van der Waals surface area contributed by atoms with Crippen molar-refractivity contribution in [3.8, 4) is 17.6 Å². The fourth-order valence-electron chi connectivity index (χ4n) is 3.23. The van der Waals surface area contributed by atoms with Gasteiger partial charge < -0.3 is 14.6 Å². The lowest BCUT2D eigenvalue weighted by molar-refractivity contribution is 0.162. The predicted octanol–water partition coefficient (Wildman–Crippen LogP) is 2.75. The molecule has 1 aliphatic heterocycles. The maximum atomic E-state index is 10.1. The minimum absolute atomic E-state index is 0.162. The molecule has 0 unspecified atom stereocenters. The van der Waals surface area contributed by atoms with Gasteiger partial charge in [0.15, 0.2) is 0 Å². The number of rotatable bonds is 6. The van der Waals surface area contributed by atoms with Gasteiger partial charge >= 0.3 is 0 Å². The molecule has 0 saturated carbocycles. The first-order valence-electron chi connectivity index (χ1n) is 8.38. The predicted molar refractivity (Wildman–Crippen MR) is 94.6 cm³/mol. The van der Waals surface area contributed by atoms with Gasteiger partial charge in [-0.1, -0.05) is 12.1 Å². The van der Waals surface area contributed by atoms with Gasteiger partial charge in [-0.05, 0) is 48.4 Å². The Hall–Kier alpha value is -2.55. The first-order chi connectivity index (χ1) is 12.2. The van der Waals surface area contributed by atoms with Crippen molar-refractivity contribution in [2.45, 2.75) is 18.6 Å². The number of aliphatic hydroxyl groups excluding tert-OH is 1. The van der Waals surface area contributed by atoms with E-state index in [9.17, 15) is 5.11 Å². The van der Waals surface area contributed by atoms with Crippen LogP contribution in [0.3, 0.4) is 0 Å². The molecule has 2 atom stereocenters. The Bertz CT molecular complexity index is 739. The van der Waals surface area contributed by atoms with Crippen LogP contribution in [-0.4, -0.2) is 42.9 Å². The van der Waals surface area contributed by atoms with Crippen molar-refractivity contribution < 1.29 is 14.6 Å². The van der Waals surface area contributed by atoms with Crippen molar-refractivity contribution >= 4 is 0 Å². The first kappa shape index (κ1) is 17.3. The molecule has 1 heterocycles. The Morgan fingerprint density at radius 2 is 2.00 bits per heavy atom. The molecular formula is C20H22N2O3. The minimum Gasteiger partial charge on any atom is -0.497 e. The summed E-state index contributed by atoms with van der Waals surface area (Å²) in [7, 11) is 1.66. The molecule has 1 saturated heterocycles. The molecule has 2 aromatic rings. The molecule has 0 spiro atoms. The van der Waals surface area contributed by atoms with E-state index >= 15 is 0 Å². The van der Waals surface area contributed by atoms with Gasteiger partial charge in [-0.2, -0.15) is 5.26 Å². The molecule has 5 nitrogen and oxygen atoms in total. The highest BCUT2D eigenvalue weighted by molar-refractivity contribution is 5.34. The van der Waals surface area contributed by atoms with Crippen LogP contribution in [0, 0.1) is 11.3 Å². The van der Waals surface area contributed by atoms with Gasteiger partial charge in [0, 0.05) is 19.1 Å². The standard InChI is InChI=1S/C20H22N2O3/c1-24-19-4-2-3-16(11-19)20-12-17(23)14-22(20)9-10-25-18-7-5-15(13-21)6-8-18/h2-8,11,17,20,23H,9-10,12,14H2,1H3/t17-,20-/m0/s1. The molecule has 0 aromatic heterocycles. The monoisotopic (exact) mass is 338 g/mol. The van der Waals surface area contributed by atoms with Crippen LogP contribution in [0.4, 0.5) is 0 Å². The van der Waals surface area contributed by atoms with Crippen molar-refractivity contribution in [2.75, 3.05) is 26.8 Å². The molecule has 3 rings (SSSR count). The molecule has 1 N–H and O–H groups in total. The highest BCUT2D eigenvalue weighted by Gasteiger charge is 2.31. The number of likely N-dealkylation sites (tertiary alicyclic amines) is 1. The number of methoxy groups -OCH3 is 1. The number of hydrogen-bond acceptors (Lipinski definition) is 5. The quantitative estimate of drug-likeness (QED) is 0.877. The molecule has 0 aliphatic carbocycles. The average Bonchev–Trinajstić information content (AvgIpc) is 3.03. The van der Waals surface area contributed by atoms with Crippen molar-refractivity contribution in [1.82, 2.24) is 4.90 Å². The van der Waals surface area contributed by atoms with Crippen LogP contribution in [-0.2, 0) is 0 Å². The summed E-state index contributed by atoms with van der Waals surface area (Å²) in [5.41, 5.74) is 1.77. The minimum atomic E-state index is -0.328. The summed E-state index contributed by atoms with van der Waals surface area (Å²) in [6.45, 7) is 1.89. The van der Waals surface area contributed by atoms with Crippen molar-refractivity contribution in [2.24, 2.45) is 0 Å². The smallest absolute Gasteiger partial charge is 0.119 e. The van der Waals surface area contributed by atoms with Crippen LogP contribution < -0.4 is 9.47 Å². The average molecular weight is 338 g/mol. The largest absolute Gasteiger partial charge is 0.497 e. The maximum absolute atomic E-state index is 10.1. The summed E-state index contributed by atoms with van der Waals surface area (Å²) < 4.78 is 11.1. The second-order valence-corrected chi connectivity index (χ2v) is 6.16. The number of aliphatic hydroxyl groups is 1. The Morgan fingerprint density at radius 3 is 2.72 bits per heavy atom. The third kappa shape index (κ3) is 4.30. The maximum Gasteiger partial charge on any atom is 0.119 e. The van der Waals surface area contributed by atoms with E-state index in [1.54, 1.807) is 31.4 Å². The summed E-state index contributed by atoms with van der Waals surface area (Å²) in [4.78, 5) is 2.24. The molecule has 1 fully saturated rings. The fourth-order valence-corrected chi connectivity index (χ4v) is 3.23. The van der Waals surface area contributed by atoms with Gasteiger partial charge in [0.1, 0.15) is 18.1 Å². The molecule has 5 heteroatoms. The van der Waals surface area contributed by atoms with Crippen LogP contribution >= 0.6 is 0 Å². The molecule has 0 amide bonds. The van der Waals surface area contributed by atoms with Crippen LogP contribution in [0.5, 0.6) is 11.5 Å². The molecule has 0 bridgehead atoms. The highest BCUT2D eigenvalue weighted by atomic mass is 16.5. The van der Waals surface area contributed by atoms with E-state index in [0.717, 1.165) is 23.6 Å². The third-order valence-electron chi connectivity index (χ3n) is 4.49. The molecule has 1 aliphatic rings. The van der Waals surface area contributed by atoms with Crippen LogP contribution in [0.2, 0.25) is 0 Å². The SMILES string of the molecule is COc1cccc([C@@H]2C[C@H](O)CN2CCOc2ccc(C#N)cc2)c1. The Balaban J connectivity index is 1.60. The van der Waals surface area contributed by atoms with Crippen LogP contribution in [0.15, 0.2) is 48.5 Å². The normalized spacial score (nSPS) is 20.2. The lowest BCUT2D eigenvalue weighted by atomic mass is 10.0. The van der Waals surface area contributed by atoms with Crippen molar-refractivity contribution in [3.05, 3.63) is 59.7 Å². The zero-order valence-electron chi connectivity index (χ0n) is 14.3. The summed E-state index contributed by atoms with van der Waals surface area (Å²) in [5, 5.41) is 18.9. The van der Waals surface area contributed by atoms with Crippen LogP contribution in [0.25, 0.3) is 0 Å². The van der Waals surface area contributed by atoms with Gasteiger partial charge in [0.25, 0.3) is 0 Å². The van der Waals surface area contributed by atoms with Gasteiger partial charge in [-0.15, -0.1) is 0 Å². The van der Waals surface area contributed by atoms with E-state index in [0.29, 0.717) is 25.1 Å². The number of ether oxygens (including phenoxy) is 2. The number of β-amino-alcohol motifs (C(OH)–C–C–N with tert-alkyl or cyclic N) is 1. The van der Waals surface area contributed by atoms with E-state index in [2.05, 4.69) is 17.0 Å². The van der Waals surface area contributed by atoms with Crippen molar-refractivity contribution in [3.63, 3.8) is 0 Å². The number of hydrogen-bond donors (Lipinski definition) is 1.